The van der Waals surface area contributed by atoms with Crippen molar-refractivity contribution < 1.29 is 23.6 Å². The zero-order chi connectivity index (χ0) is 10.0. The van der Waals surface area contributed by atoms with Gasteiger partial charge in [-0.2, -0.15) is 0 Å². The SMILES string of the molecule is COc1c(F)cc(F)cc1B(O)O. The summed E-state index contributed by atoms with van der Waals surface area (Å²) in [6.07, 6.45) is 0. The van der Waals surface area contributed by atoms with Crippen LogP contribution in [0.4, 0.5) is 8.78 Å². The van der Waals surface area contributed by atoms with Gasteiger partial charge in [-0.15, -0.1) is 0 Å². The molecular formula is C7H7BF2O3. The molecule has 0 radical (unpaired) electrons. The Bertz CT molecular complexity index is 317. The van der Waals surface area contributed by atoms with Crippen molar-refractivity contribution in [1.29, 1.82) is 0 Å². The second-order valence-corrected chi connectivity index (χ2v) is 2.38. The van der Waals surface area contributed by atoms with Crippen molar-refractivity contribution in [1.82, 2.24) is 0 Å². The normalized spacial score (nSPS) is 9.92. The molecule has 0 spiro atoms. The Hall–Kier alpha value is -1.14. The van der Waals surface area contributed by atoms with Crippen molar-refractivity contribution >= 4 is 12.6 Å². The van der Waals surface area contributed by atoms with E-state index in [-0.39, 0.29) is 11.2 Å². The Morgan fingerprint density at radius 1 is 1.31 bits per heavy atom. The lowest BCUT2D eigenvalue weighted by Crippen LogP contribution is -2.32. The summed E-state index contributed by atoms with van der Waals surface area (Å²) in [6.45, 7) is 0. The average molecular weight is 188 g/mol. The molecule has 0 bridgehead atoms. The first-order chi connectivity index (χ1) is 6.06. The molecule has 13 heavy (non-hydrogen) atoms. The van der Waals surface area contributed by atoms with Crippen molar-refractivity contribution in [2.75, 3.05) is 7.11 Å². The summed E-state index contributed by atoms with van der Waals surface area (Å²) in [6, 6.07) is 1.40. The highest BCUT2D eigenvalue weighted by atomic mass is 19.1. The largest absolute Gasteiger partial charge is 0.494 e. The highest BCUT2D eigenvalue weighted by Gasteiger charge is 2.21. The van der Waals surface area contributed by atoms with Crippen LogP contribution in [0.2, 0.25) is 0 Å². The summed E-state index contributed by atoms with van der Waals surface area (Å²) < 4.78 is 30.0. The van der Waals surface area contributed by atoms with Gasteiger partial charge >= 0.3 is 7.12 Å². The third-order valence-electron chi connectivity index (χ3n) is 1.52. The van der Waals surface area contributed by atoms with Gasteiger partial charge in [0.1, 0.15) is 5.82 Å². The number of hydrogen-bond acceptors (Lipinski definition) is 3. The summed E-state index contributed by atoms with van der Waals surface area (Å²) in [7, 11) is -0.803. The molecule has 1 aromatic carbocycles. The lowest BCUT2D eigenvalue weighted by molar-refractivity contribution is 0.379. The maximum atomic E-state index is 12.9. The molecular weight excluding hydrogens is 181 g/mol. The van der Waals surface area contributed by atoms with Gasteiger partial charge in [0.25, 0.3) is 0 Å². The van der Waals surface area contributed by atoms with E-state index < -0.39 is 18.8 Å². The molecule has 0 atom stereocenters. The van der Waals surface area contributed by atoms with E-state index in [1.54, 1.807) is 0 Å². The molecule has 0 heterocycles. The third kappa shape index (κ3) is 1.96. The van der Waals surface area contributed by atoms with Gasteiger partial charge in [-0.05, 0) is 6.07 Å². The quantitative estimate of drug-likeness (QED) is 0.623. The van der Waals surface area contributed by atoms with E-state index in [0.717, 1.165) is 13.2 Å². The number of halogens is 2. The highest BCUT2D eigenvalue weighted by molar-refractivity contribution is 6.59. The minimum atomic E-state index is -1.96. The predicted octanol–water partition coefficient (Wildman–Crippen LogP) is -0.347. The van der Waals surface area contributed by atoms with Crippen LogP contribution in [0.15, 0.2) is 12.1 Å². The van der Waals surface area contributed by atoms with Gasteiger partial charge in [-0.3, -0.25) is 0 Å². The minimum absolute atomic E-state index is 0.333. The highest BCUT2D eigenvalue weighted by Crippen LogP contribution is 2.15. The minimum Gasteiger partial charge on any atom is -0.494 e. The van der Waals surface area contributed by atoms with Crippen molar-refractivity contribution in [2.24, 2.45) is 0 Å². The molecule has 0 aliphatic carbocycles. The molecule has 3 nitrogen and oxygen atoms in total. The Balaban J connectivity index is 3.29. The van der Waals surface area contributed by atoms with Crippen molar-refractivity contribution in [2.45, 2.75) is 0 Å². The maximum absolute atomic E-state index is 12.9. The fourth-order valence-electron chi connectivity index (χ4n) is 0.987. The van der Waals surface area contributed by atoms with Crippen LogP contribution < -0.4 is 10.2 Å². The van der Waals surface area contributed by atoms with Gasteiger partial charge in [-0.25, -0.2) is 8.78 Å². The molecule has 0 saturated carbocycles. The average Bonchev–Trinajstić information content (AvgIpc) is 2.02. The topological polar surface area (TPSA) is 49.7 Å². The predicted molar refractivity (Wildman–Crippen MR) is 42.7 cm³/mol. The summed E-state index contributed by atoms with van der Waals surface area (Å²) in [5, 5.41) is 17.5. The van der Waals surface area contributed by atoms with Crippen LogP contribution in [0, 0.1) is 11.6 Å². The molecule has 0 unspecified atom stereocenters. The fourth-order valence-corrected chi connectivity index (χ4v) is 0.987. The molecule has 6 heteroatoms. The molecule has 1 aromatic rings. The molecule has 0 amide bonds. The molecule has 0 aliphatic heterocycles. The fraction of sp³-hybridized carbons (Fsp3) is 0.143. The Labute approximate surface area is 73.7 Å². The third-order valence-corrected chi connectivity index (χ3v) is 1.52. The van der Waals surface area contributed by atoms with E-state index in [1.165, 1.54) is 0 Å². The van der Waals surface area contributed by atoms with E-state index in [0.29, 0.717) is 6.07 Å². The molecule has 70 valence electrons. The van der Waals surface area contributed by atoms with Gasteiger partial charge in [0.2, 0.25) is 0 Å². The van der Waals surface area contributed by atoms with Crippen LogP contribution in [0.5, 0.6) is 5.75 Å². The van der Waals surface area contributed by atoms with Gasteiger partial charge < -0.3 is 14.8 Å². The second kappa shape index (κ2) is 3.72. The summed E-state index contributed by atoms with van der Waals surface area (Å²) in [5.74, 6) is -2.22. The Morgan fingerprint density at radius 2 is 1.92 bits per heavy atom. The number of benzene rings is 1. The summed E-state index contributed by atoms with van der Waals surface area (Å²) in [4.78, 5) is 0. The summed E-state index contributed by atoms with van der Waals surface area (Å²) >= 11 is 0. The molecule has 1 rings (SSSR count). The molecule has 0 aliphatic rings. The Kier molecular flexibility index (Phi) is 2.85. The lowest BCUT2D eigenvalue weighted by Gasteiger charge is -2.08. The molecule has 2 N–H and O–H groups in total. The van der Waals surface area contributed by atoms with E-state index in [1.807, 2.05) is 0 Å². The van der Waals surface area contributed by atoms with Crippen LogP contribution in [-0.2, 0) is 0 Å². The zero-order valence-corrected chi connectivity index (χ0v) is 6.79. The monoisotopic (exact) mass is 188 g/mol. The number of methoxy groups -OCH3 is 1. The van der Waals surface area contributed by atoms with E-state index in [4.69, 9.17) is 10.0 Å². The first-order valence-electron chi connectivity index (χ1n) is 3.45. The number of rotatable bonds is 2. The first-order valence-corrected chi connectivity index (χ1v) is 3.45. The van der Waals surface area contributed by atoms with Crippen LogP contribution >= 0.6 is 0 Å². The van der Waals surface area contributed by atoms with Gasteiger partial charge in [0.05, 0.1) is 7.11 Å². The molecule has 0 saturated heterocycles. The number of ether oxygens (including phenoxy) is 1. The van der Waals surface area contributed by atoms with E-state index in [9.17, 15) is 8.78 Å². The van der Waals surface area contributed by atoms with Crippen LogP contribution in [0.1, 0.15) is 0 Å². The second-order valence-electron chi connectivity index (χ2n) is 2.38. The molecule has 0 aromatic heterocycles. The molecule has 0 fully saturated rings. The lowest BCUT2D eigenvalue weighted by atomic mass is 9.79. The van der Waals surface area contributed by atoms with Gasteiger partial charge in [-0.1, -0.05) is 0 Å². The van der Waals surface area contributed by atoms with Crippen LogP contribution in [0.3, 0.4) is 0 Å². The van der Waals surface area contributed by atoms with Crippen molar-refractivity contribution in [3.05, 3.63) is 23.8 Å². The van der Waals surface area contributed by atoms with Crippen molar-refractivity contribution in [3.63, 3.8) is 0 Å². The van der Waals surface area contributed by atoms with E-state index in [2.05, 4.69) is 4.74 Å². The summed E-state index contributed by atoms with van der Waals surface area (Å²) in [5.41, 5.74) is -0.333. The van der Waals surface area contributed by atoms with E-state index >= 15 is 0 Å². The maximum Gasteiger partial charge on any atom is 0.492 e. The first kappa shape index (κ1) is 9.95. The van der Waals surface area contributed by atoms with Crippen molar-refractivity contribution in [3.8, 4) is 5.75 Å². The van der Waals surface area contributed by atoms with Gasteiger partial charge in [0.15, 0.2) is 11.6 Å². The smallest absolute Gasteiger partial charge is 0.492 e. The zero-order valence-electron chi connectivity index (χ0n) is 6.79. The number of hydrogen-bond donors (Lipinski definition) is 2. The van der Waals surface area contributed by atoms with Gasteiger partial charge in [0, 0.05) is 11.5 Å². The van der Waals surface area contributed by atoms with Crippen LogP contribution in [0.25, 0.3) is 0 Å². The standard InChI is InChI=1S/C7H7BF2O3/c1-13-7-5(8(11)12)2-4(9)3-6(7)10/h2-3,11-12H,1H3. The Morgan fingerprint density at radius 3 is 2.38 bits per heavy atom. The van der Waals surface area contributed by atoms with Crippen LogP contribution in [-0.4, -0.2) is 24.3 Å².